The minimum absolute atomic E-state index is 0.0176. The van der Waals surface area contributed by atoms with Gasteiger partial charge in [-0.1, -0.05) is 24.3 Å². The first kappa shape index (κ1) is 18.2. The van der Waals surface area contributed by atoms with Gasteiger partial charge in [0.25, 0.3) is 11.8 Å². The Bertz CT molecular complexity index is 1160. The minimum atomic E-state index is -0.395. The maximum atomic E-state index is 12.7. The molecule has 7 nitrogen and oxygen atoms in total. The summed E-state index contributed by atoms with van der Waals surface area (Å²) in [6.45, 7) is -0.138. The second-order valence-electron chi connectivity index (χ2n) is 6.38. The summed E-state index contributed by atoms with van der Waals surface area (Å²) < 4.78 is 5.17. The molecular formula is C22H16N4O3. The maximum Gasteiger partial charge on any atom is 0.260 e. The molecule has 4 rings (SSSR count). The summed E-state index contributed by atoms with van der Waals surface area (Å²) in [6.07, 6.45) is 1.49. The normalized spacial score (nSPS) is 12.4. The summed E-state index contributed by atoms with van der Waals surface area (Å²) >= 11 is 0. The molecular weight excluding hydrogens is 368 g/mol. The van der Waals surface area contributed by atoms with Crippen LogP contribution < -0.4 is 15.1 Å². The lowest BCUT2D eigenvalue weighted by atomic mass is 10.1. The zero-order valence-corrected chi connectivity index (χ0v) is 15.3. The Morgan fingerprint density at radius 3 is 2.66 bits per heavy atom. The van der Waals surface area contributed by atoms with Gasteiger partial charge in [-0.2, -0.15) is 10.4 Å². The first-order valence-corrected chi connectivity index (χ1v) is 8.93. The van der Waals surface area contributed by atoms with Crippen molar-refractivity contribution in [1.29, 1.82) is 5.26 Å². The quantitative estimate of drug-likeness (QED) is 0.522. The number of anilines is 1. The topological polar surface area (TPSA) is 94.8 Å². The molecule has 0 saturated heterocycles. The summed E-state index contributed by atoms with van der Waals surface area (Å²) in [6, 6.07) is 20.0. The van der Waals surface area contributed by atoms with E-state index in [1.54, 1.807) is 30.3 Å². The van der Waals surface area contributed by atoms with Crippen LogP contribution in [0.1, 0.15) is 15.9 Å². The molecule has 1 heterocycles. The van der Waals surface area contributed by atoms with Gasteiger partial charge in [-0.25, -0.2) is 5.43 Å². The highest BCUT2D eigenvalue weighted by molar-refractivity contribution is 6.26. The molecule has 0 unspecified atom stereocenters. The van der Waals surface area contributed by atoms with E-state index in [2.05, 4.69) is 10.5 Å². The van der Waals surface area contributed by atoms with Crippen molar-refractivity contribution in [2.75, 3.05) is 18.1 Å². The third-order valence-corrected chi connectivity index (χ3v) is 4.54. The Kier molecular flexibility index (Phi) is 4.91. The Hall–Kier alpha value is -4.18. The lowest BCUT2D eigenvalue weighted by molar-refractivity contribution is -0.119. The van der Waals surface area contributed by atoms with Crippen LogP contribution in [0.4, 0.5) is 5.69 Å². The zero-order valence-electron chi connectivity index (χ0n) is 15.3. The Balaban J connectivity index is 1.40. The molecule has 1 N–H and O–H groups in total. The lowest BCUT2D eigenvalue weighted by Gasteiger charge is -2.16. The first-order chi connectivity index (χ1) is 14.2. The number of amides is 2. The predicted octanol–water partition coefficient (Wildman–Crippen LogP) is 2.85. The van der Waals surface area contributed by atoms with Crippen LogP contribution in [0.2, 0.25) is 0 Å². The number of carbonyl (C=O) groups excluding carboxylic acids is 2. The Labute approximate surface area is 166 Å². The smallest absolute Gasteiger partial charge is 0.260 e. The molecule has 3 aromatic rings. The summed E-state index contributed by atoms with van der Waals surface area (Å²) in [4.78, 5) is 26.5. The van der Waals surface area contributed by atoms with Crippen LogP contribution in [-0.4, -0.2) is 31.2 Å². The number of hydrogen-bond donors (Lipinski definition) is 1. The number of carbonyl (C=O) groups is 2. The third kappa shape index (κ3) is 3.64. The summed E-state index contributed by atoms with van der Waals surface area (Å²) in [5.74, 6) is -0.00806. The monoisotopic (exact) mass is 384 g/mol. The van der Waals surface area contributed by atoms with E-state index in [0.29, 0.717) is 11.3 Å². The van der Waals surface area contributed by atoms with Gasteiger partial charge in [0, 0.05) is 10.9 Å². The lowest BCUT2D eigenvalue weighted by Crippen LogP contribution is -2.37. The number of benzene rings is 3. The van der Waals surface area contributed by atoms with Crippen LogP contribution in [0.15, 0.2) is 65.8 Å². The Morgan fingerprint density at radius 1 is 1.14 bits per heavy atom. The van der Waals surface area contributed by atoms with Crippen LogP contribution in [0.25, 0.3) is 10.8 Å². The minimum Gasteiger partial charge on any atom is -0.479 e. The number of nitrogens with one attached hydrogen (secondary N) is 1. The molecule has 0 atom stereocenters. The molecule has 0 bridgehead atoms. The zero-order chi connectivity index (χ0) is 20.2. The molecule has 0 aromatic heterocycles. The van der Waals surface area contributed by atoms with Crippen LogP contribution in [0.3, 0.4) is 0 Å². The van der Waals surface area contributed by atoms with Gasteiger partial charge in [-0.05, 0) is 47.3 Å². The first-order valence-electron chi connectivity index (χ1n) is 8.93. The van der Waals surface area contributed by atoms with Crippen molar-refractivity contribution in [2.24, 2.45) is 5.10 Å². The average molecular weight is 384 g/mol. The number of rotatable bonds is 6. The van der Waals surface area contributed by atoms with Crippen LogP contribution in [0, 0.1) is 11.3 Å². The number of ether oxygens (including phenoxy) is 1. The second-order valence-corrected chi connectivity index (χ2v) is 6.38. The fourth-order valence-electron chi connectivity index (χ4n) is 3.26. The van der Waals surface area contributed by atoms with Crippen molar-refractivity contribution in [3.63, 3.8) is 0 Å². The molecule has 142 valence electrons. The van der Waals surface area contributed by atoms with Gasteiger partial charge in [-0.3, -0.25) is 14.5 Å². The van der Waals surface area contributed by atoms with Crippen LogP contribution in [-0.2, 0) is 4.79 Å². The molecule has 1 aliphatic heterocycles. The molecule has 3 aromatic carbocycles. The highest BCUT2D eigenvalue weighted by atomic mass is 16.5. The van der Waals surface area contributed by atoms with Gasteiger partial charge < -0.3 is 4.74 Å². The molecule has 0 radical (unpaired) electrons. The van der Waals surface area contributed by atoms with Gasteiger partial charge in [-0.15, -0.1) is 0 Å². The number of nitrogens with zero attached hydrogens (tertiary/aromatic N) is 3. The maximum absolute atomic E-state index is 12.7. The second kappa shape index (κ2) is 7.82. The van der Waals surface area contributed by atoms with Crippen molar-refractivity contribution >= 4 is 34.5 Å². The predicted molar refractivity (Wildman–Crippen MR) is 109 cm³/mol. The molecule has 2 amide bonds. The summed E-state index contributed by atoms with van der Waals surface area (Å²) in [5.41, 5.74) is 4.54. The molecule has 0 aliphatic carbocycles. The van der Waals surface area contributed by atoms with E-state index >= 15 is 0 Å². The van der Waals surface area contributed by atoms with Crippen molar-refractivity contribution in [1.82, 2.24) is 5.43 Å². The molecule has 0 spiro atoms. The summed E-state index contributed by atoms with van der Waals surface area (Å²) in [5, 5.41) is 14.3. The van der Waals surface area contributed by atoms with E-state index in [1.807, 2.05) is 36.4 Å². The van der Waals surface area contributed by atoms with E-state index < -0.39 is 5.91 Å². The van der Waals surface area contributed by atoms with Gasteiger partial charge >= 0.3 is 0 Å². The van der Waals surface area contributed by atoms with Crippen molar-refractivity contribution in [3.8, 4) is 11.8 Å². The molecule has 29 heavy (non-hydrogen) atoms. The van der Waals surface area contributed by atoms with Gasteiger partial charge in [0.1, 0.15) is 18.4 Å². The molecule has 0 saturated carbocycles. The number of hydrazone groups is 1. The fourth-order valence-corrected chi connectivity index (χ4v) is 3.26. The SMILES string of the molecule is N#CCOc1ccc(/C=N\NC(=O)CN2C(=O)c3cccc4cccc2c34)cc1. The largest absolute Gasteiger partial charge is 0.479 e. The highest BCUT2D eigenvalue weighted by Crippen LogP contribution is 2.36. The Morgan fingerprint density at radius 2 is 1.90 bits per heavy atom. The van der Waals surface area contributed by atoms with E-state index in [1.165, 1.54) is 11.1 Å². The highest BCUT2D eigenvalue weighted by Gasteiger charge is 2.30. The van der Waals surface area contributed by atoms with Crippen molar-refractivity contribution < 1.29 is 14.3 Å². The van der Waals surface area contributed by atoms with Gasteiger partial charge in [0.15, 0.2) is 6.61 Å². The van der Waals surface area contributed by atoms with E-state index in [-0.39, 0.29) is 19.1 Å². The third-order valence-electron chi connectivity index (χ3n) is 4.54. The number of nitriles is 1. The van der Waals surface area contributed by atoms with Crippen molar-refractivity contribution in [2.45, 2.75) is 0 Å². The van der Waals surface area contributed by atoms with E-state index in [9.17, 15) is 9.59 Å². The fraction of sp³-hybridized carbons (Fsp3) is 0.0909. The van der Waals surface area contributed by atoms with E-state index in [0.717, 1.165) is 22.0 Å². The molecule has 1 aliphatic rings. The average Bonchev–Trinajstić information content (AvgIpc) is 3.01. The molecule has 7 heteroatoms. The van der Waals surface area contributed by atoms with E-state index in [4.69, 9.17) is 10.00 Å². The van der Waals surface area contributed by atoms with Gasteiger partial charge in [0.05, 0.1) is 11.9 Å². The van der Waals surface area contributed by atoms with Crippen molar-refractivity contribution in [3.05, 3.63) is 71.8 Å². The van der Waals surface area contributed by atoms with Gasteiger partial charge in [0.2, 0.25) is 0 Å². The number of hydrogen-bond acceptors (Lipinski definition) is 5. The standard InChI is InChI=1S/C22H16N4O3/c23-11-12-29-17-9-7-15(8-10-17)13-24-25-20(27)14-26-19-6-2-4-16-3-1-5-18(21(16)19)22(26)28/h1-10,13H,12,14H2,(H,25,27)/b24-13-. The summed E-state index contributed by atoms with van der Waals surface area (Å²) in [7, 11) is 0. The van der Waals surface area contributed by atoms with Crippen LogP contribution >= 0.6 is 0 Å². The molecule has 0 fully saturated rings. The van der Waals surface area contributed by atoms with Crippen LogP contribution in [0.5, 0.6) is 5.75 Å².